The summed E-state index contributed by atoms with van der Waals surface area (Å²) in [5.41, 5.74) is -0.604. The largest absolute Gasteiger partial charge is 0.229 e. The zero-order valence-electron chi connectivity index (χ0n) is 12.4. The summed E-state index contributed by atoms with van der Waals surface area (Å²) in [6.45, 7) is 6.52. The fraction of sp³-hybridized carbons (Fsp3) is 1.00. The lowest BCUT2D eigenvalue weighted by molar-refractivity contribution is -0.0533. The lowest BCUT2D eigenvalue weighted by Crippen LogP contribution is -2.26. The molecule has 0 saturated heterocycles. The predicted octanol–water partition coefficient (Wildman–Crippen LogP) is 5.90. The number of hydrogen-bond acceptors (Lipinski definition) is 0. The highest BCUT2D eigenvalue weighted by atomic mass is 16.3. The summed E-state index contributed by atoms with van der Waals surface area (Å²) in [5, 5.41) is 12.4. The van der Waals surface area contributed by atoms with Crippen LogP contribution in [0.25, 0.3) is 0 Å². The van der Waals surface area contributed by atoms with E-state index < -0.39 is 5.60 Å². The Hall–Kier alpha value is -0.0400. The van der Waals surface area contributed by atoms with Crippen LogP contribution >= 0.6 is 0 Å². The summed E-state index contributed by atoms with van der Waals surface area (Å²) in [6.07, 6.45) is 13.9. The Morgan fingerprint density at radius 1 is 0.588 bits per heavy atom. The van der Waals surface area contributed by atoms with E-state index in [9.17, 15) is 5.11 Å². The second kappa shape index (κ2) is 11.1. The van der Waals surface area contributed by atoms with Crippen molar-refractivity contribution >= 4 is 0 Å². The Morgan fingerprint density at radius 3 is 1.53 bits per heavy atom. The molecule has 1 nitrogen and oxygen atoms in total. The maximum Gasteiger partial charge on any atom is 0.104 e. The van der Waals surface area contributed by atoms with Gasteiger partial charge in [0.15, 0.2) is 0 Å². The summed E-state index contributed by atoms with van der Waals surface area (Å²) >= 11 is 0. The fourth-order valence-corrected chi connectivity index (χ4v) is 2.69. The lowest BCUT2D eigenvalue weighted by atomic mass is 9.87. The van der Waals surface area contributed by atoms with Crippen LogP contribution in [0, 0.1) is 0 Å². The highest BCUT2D eigenvalue weighted by Gasteiger charge is 2.26. The van der Waals surface area contributed by atoms with Crippen LogP contribution in [0.15, 0.2) is 0 Å². The summed E-state index contributed by atoms with van der Waals surface area (Å²) in [4.78, 5) is 0. The zero-order valence-corrected chi connectivity index (χ0v) is 12.4. The minimum atomic E-state index is -0.604. The van der Waals surface area contributed by atoms with Crippen LogP contribution in [-0.2, 0) is 5.11 Å². The molecular formula is C16H33O. The van der Waals surface area contributed by atoms with Crippen LogP contribution in [0.5, 0.6) is 0 Å². The SMILES string of the molecule is CCCCCCCCCC([O])(CCC)CCC. The molecule has 0 saturated carbocycles. The minimum Gasteiger partial charge on any atom is -0.229 e. The molecule has 0 aliphatic heterocycles. The molecule has 0 aromatic heterocycles. The van der Waals surface area contributed by atoms with Crippen molar-refractivity contribution in [3.63, 3.8) is 0 Å². The first-order valence-corrected chi connectivity index (χ1v) is 7.89. The average Bonchev–Trinajstić information content (AvgIpc) is 2.28. The van der Waals surface area contributed by atoms with Gasteiger partial charge in [-0.1, -0.05) is 78.6 Å². The minimum absolute atomic E-state index is 0.604. The van der Waals surface area contributed by atoms with E-state index in [2.05, 4.69) is 20.8 Å². The maximum atomic E-state index is 12.4. The highest BCUT2D eigenvalue weighted by molar-refractivity contribution is 4.76. The first kappa shape index (κ1) is 17.0. The third-order valence-corrected chi connectivity index (χ3v) is 3.65. The molecule has 17 heavy (non-hydrogen) atoms. The van der Waals surface area contributed by atoms with E-state index >= 15 is 0 Å². The molecule has 0 unspecified atom stereocenters. The molecule has 0 atom stereocenters. The second-order valence-corrected chi connectivity index (χ2v) is 5.55. The number of rotatable bonds is 12. The Kier molecular flexibility index (Phi) is 11.0. The van der Waals surface area contributed by atoms with E-state index in [1.807, 2.05) is 0 Å². The van der Waals surface area contributed by atoms with Crippen LogP contribution in [0.1, 0.15) is 97.8 Å². The van der Waals surface area contributed by atoms with Crippen LogP contribution < -0.4 is 0 Å². The quantitative estimate of drug-likeness (QED) is 0.379. The number of hydrogen-bond donors (Lipinski definition) is 0. The van der Waals surface area contributed by atoms with Crippen molar-refractivity contribution in [2.24, 2.45) is 0 Å². The third kappa shape index (κ3) is 9.64. The van der Waals surface area contributed by atoms with Gasteiger partial charge in [-0.05, 0) is 19.3 Å². The van der Waals surface area contributed by atoms with E-state index in [4.69, 9.17) is 0 Å². The summed E-state index contributed by atoms with van der Waals surface area (Å²) < 4.78 is 0. The smallest absolute Gasteiger partial charge is 0.104 e. The van der Waals surface area contributed by atoms with Gasteiger partial charge >= 0.3 is 0 Å². The molecule has 103 valence electrons. The van der Waals surface area contributed by atoms with Gasteiger partial charge in [-0.2, -0.15) is 0 Å². The molecule has 0 amide bonds. The van der Waals surface area contributed by atoms with Gasteiger partial charge in [-0.15, -0.1) is 0 Å². The molecule has 0 fully saturated rings. The Morgan fingerprint density at radius 2 is 1.06 bits per heavy atom. The maximum absolute atomic E-state index is 12.4. The van der Waals surface area contributed by atoms with Crippen LogP contribution in [0.4, 0.5) is 0 Å². The van der Waals surface area contributed by atoms with Gasteiger partial charge in [0.2, 0.25) is 0 Å². The molecule has 0 heterocycles. The fourth-order valence-electron chi connectivity index (χ4n) is 2.69. The van der Waals surface area contributed by atoms with Crippen LogP contribution in [-0.4, -0.2) is 5.60 Å². The van der Waals surface area contributed by atoms with Crippen molar-refractivity contribution in [2.45, 2.75) is 103 Å². The molecule has 0 aliphatic rings. The summed E-state index contributed by atoms with van der Waals surface area (Å²) in [5.74, 6) is 0. The highest BCUT2D eigenvalue weighted by Crippen LogP contribution is 2.27. The molecule has 0 N–H and O–H groups in total. The van der Waals surface area contributed by atoms with Crippen molar-refractivity contribution in [3.05, 3.63) is 0 Å². The van der Waals surface area contributed by atoms with Gasteiger partial charge in [0.05, 0.1) is 0 Å². The van der Waals surface area contributed by atoms with Crippen LogP contribution in [0.2, 0.25) is 0 Å². The Bertz CT molecular complexity index is 148. The monoisotopic (exact) mass is 241 g/mol. The van der Waals surface area contributed by atoms with Crippen molar-refractivity contribution in [3.8, 4) is 0 Å². The van der Waals surface area contributed by atoms with E-state index in [-0.39, 0.29) is 0 Å². The predicted molar refractivity (Wildman–Crippen MR) is 75.8 cm³/mol. The average molecular weight is 241 g/mol. The Labute approximate surface area is 109 Å². The van der Waals surface area contributed by atoms with Crippen molar-refractivity contribution in [1.82, 2.24) is 0 Å². The molecule has 0 spiro atoms. The topological polar surface area (TPSA) is 19.9 Å². The molecule has 0 rings (SSSR count). The molecular weight excluding hydrogens is 208 g/mol. The van der Waals surface area contributed by atoms with Crippen molar-refractivity contribution in [2.75, 3.05) is 0 Å². The van der Waals surface area contributed by atoms with E-state index in [0.29, 0.717) is 0 Å². The van der Waals surface area contributed by atoms with Gasteiger partial charge in [-0.3, -0.25) is 0 Å². The first-order valence-electron chi connectivity index (χ1n) is 7.89. The molecule has 0 bridgehead atoms. The second-order valence-electron chi connectivity index (χ2n) is 5.55. The lowest BCUT2D eigenvalue weighted by Gasteiger charge is -2.24. The van der Waals surface area contributed by atoms with Gasteiger partial charge in [0.25, 0.3) is 0 Å². The summed E-state index contributed by atoms with van der Waals surface area (Å²) in [6, 6.07) is 0. The van der Waals surface area contributed by atoms with Gasteiger partial charge in [0, 0.05) is 0 Å². The third-order valence-electron chi connectivity index (χ3n) is 3.65. The molecule has 0 aliphatic carbocycles. The van der Waals surface area contributed by atoms with Gasteiger partial charge in [-0.25, -0.2) is 5.11 Å². The summed E-state index contributed by atoms with van der Waals surface area (Å²) in [7, 11) is 0. The van der Waals surface area contributed by atoms with Crippen molar-refractivity contribution in [1.29, 1.82) is 0 Å². The molecule has 0 aromatic rings. The Balaban J connectivity index is 3.54. The van der Waals surface area contributed by atoms with E-state index in [1.54, 1.807) is 0 Å². The van der Waals surface area contributed by atoms with Gasteiger partial charge < -0.3 is 0 Å². The van der Waals surface area contributed by atoms with Crippen LogP contribution in [0.3, 0.4) is 0 Å². The van der Waals surface area contributed by atoms with E-state index in [1.165, 1.54) is 38.5 Å². The normalized spacial score (nSPS) is 12.0. The van der Waals surface area contributed by atoms with E-state index in [0.717, 1.165) is 38.5 Å². The zero-order chi connectivity index (χ0) is 13.0. The number of unbranched alkanes of at least 4 members (excludes halogenated alkanes) is 6. The van der Waals surface area contributed by atoms with Crippen molar-refractivity contribution < 1.29 is 5.11 Å². The standard InChI is InChI=1S/C16H33O/c1-4-7-8-9-10-11-12-15-16(17,13-5-2)14-6-3/h4-15H2,1-3H3. The molecule has 1 radical (unpaired) electrons. The molecule has 1 heteroatoms. The molecule has 0 aromatic carbocycles. The van der Waals surface area contributed by atoms with Gasteiger partial charge in [0.1, 0.15) is 5.60 Å². The first-order chi connectivity index (χ1) is 8.18.